The maximum atomic E-state index is 12.9. The van der Waals surface area contributed by atoms with Crippen LogP contribution in [0.4, 0.5) is 0 Å². The van der Waals surface area contributed by atoms with Crippen LogP contribution in [0.1, 0.15) is 55.1 Å². The molecule has 2 amide bonds. The summed E-state index contributed by atoms with van der Waals surface area (Å²) in [5.74, 6) is -0.250. The average molecular weight is 419 g/mol. The molecule has 0 aliphatic carbocycles. The van der Waals surface area contributed by atoms with Crippen molar-refractivity contribution in [3.63, 3.8) is 0 Å². The number of nitrogens with zero attached hydrogens (tertiary/aromatic N) is 3. The van der Waals surface area contributed by atoms with Gasteiger partial charge in [0.25, 0.3) is 11.5 Å². The lowest BCUT2D eigenvalue weighted by molar-refractivity contribution is -0.120. The van der Waals surface area contributed by atoms with Crippen molar-refractivity contribution >= 4 is 11.8 Å². The molecule has 1 aromatic heterocycles. The van der Waals surface area contributed by atoms with E-state index >= 15 is 0 Å². The Bertz CT molecular complexity index is 844. The Labute approximate surface area is 177 Å². The van der Waals surface area contributed by atoms with Crippen LogP contribution in [0.5, 0.6) is 0 Å². The molecule has 3 rings (SSSR count). The number of aromatic nitrogens is 1. The van der Waals surface area contributed by atoms with Gasteiger partial charge in [-0.1, -0.05) is 0 Å². The number of aliphatic hydroxyl groups is 1. The van der Waals surface area contributed by atoms with Crippen molar-refractivity contribution in [3.8, 4) is 0 Å². The first-order chi connectivity index (χ1) is 14.2. The van der Waals surface area contributed by atoms with Gasteiger partial charge in [-0.15, -0.1) is 0 Å². The molecule has 30 heavy (non-hydrogen) atoms. The van der Waals surface area contributed by atoms with Gasteiger partial charge in [-0.3, -0.25) is 14.4 Å². The molecule has 8 heteroatoms. The van der Waals surface area contributed by atoms with E-state index < -0.39 is 5.60 Å². The van der Waals surface area contributed by atoms with Crippen molar-refractivity contribution in [1.82, 2.24) is 19.7 Å². The van der Waals surface area contributed by atoms with Gasteiger partial charge in [0, 0.05) is 58.4 Å². The van der Waals surface area contributed by atoms with Crippen LogP contribution in [0.2, 0.25) is 0 Å². The molecule has 3 heterocycles. The van der Waals surface area contributed by atoms with Crippen LogP contribution in [0.3, 0.4) is 0 Å². The van der Waals surface area contributed by atoms with Gasteiger partial charge < -0.3 is 24.8 Å². The highest BCUT2D eigenvalue weighted by molar-refractivity contribution is 5.93. The third-order valence-electron chi connectivity index (χ3n) is 6.50. The predicted molar refractivity (Wildman–Crippen MR) is 114 cm³/mol. The summed E-state index contributed by atoms with van der Waals surface area (Å²) in [5, 5.41) is 14.2. The average Bonchev–Trinajstić information content (AvgIpc) is 2.89. The zero-order chi connectivity index (χ0) is 21.9. The van der Waals surface area contributed by atoms with Crippen LogP contribution in [0.25, 0.3) is 0 Å². The van der Waals surface area contributed by atoms with Gasteiger partial charge in [0.15, 0.2) is 0 Å². The summed E-state index contributed by atoms with van der Waals surface area (Å²) < 4.78 is 1.49. The Morgan fingerprint density at radius 3 is 2.53 bits per heavy atom. The standard InChI is InChI=1S/C22H34N4O4/c1-16-5-6-19(20(28)24(16)3)21(29)26-11-4-9-22(30,10-14-26)15-25-12-7-18(8-13-25)23-17(2)27/h5-6,18,30H,4,7-15H2,1-3H3,(H,23,27). The van der Waals surface area contributed by atoms with Crippen LogP contribution >= 0.6 is 0 Å². The second kappa shape index (κ2) is 9.31. The van der Waals surface area contributed by atoms with Crippen molar-refractivity contribution in [1.29, 1.82) is 0 Å². The van der Waals surface area contributed by atoms with Crippen molar-refractivity contribution < 1.29 is 14.7 Å². The molecule has 0 bridgehead atoms. The SMILES string of the molecule is CC(=O)NC1CCN(CC2(O)CCCN(C(=O)c3ccc(C)n(C)c3=O)CC2)CC1. The first kappa shape index (κ1) is 22.5. The summed E-state index contributed by atoms with van der Waals surface area (Å²) in [6.45, 7) is 6.62. The molecule has 0 radical (unpaired) electrons. The highest BCUT2D eigenvalue weighted by atomic mass is 16.3. The number of carbonyl (C=O) groups excluding carboxylic acids is 2. The quantitative estimate of drug-likeness (QED) is 0.749. The van der Waals surface area contributed by atoms with Gasteiger partial charge in [-0.05, 0) is 51.2 Å². The monoisotopic (exact) mass is 418 g/mol. The number of amides is 2. The fourth-order valence-electron chi connectivity index (χ4n) is 4.54. The molecule has 0 saturated carbocycles. The van der Waals surface area contributed by atoms with E-state index in [1.54, 1.807) is 31.0 Å². The minimum atomic E-state index is -0.839. The molecule has 1 aromatic rings. The van der Waals surface area contributed by atoms with Crippen molar-refractivity contribution in [2.75, 3.05) is 32.7 Å². The smallest absolute Gasteiger partial charge is 0.263 e. The number of hydrogen-bond acceptors (Lipinski definition) is 5. The molecule has 2 saturated heterocycles. The second-order valence-corrected chi connectivity index (χ2v) is 8.87. The van der Waals surface area contributed by atoms with E-state index in [0.29, 0.717) is 38.9 Å². The van der Waals surface area contributed by atoms with Gasteiger partial charge in [0.05, 0.1) is 5.60 Å². The fourth-order valence-corrected chi connectivity index (χ4v) is 4.54. The summed E-state index contributed by atoms with van der Waals surface area (Å²) in [6, 6.07) is 3.61. The molecule has 1 atom stereocenters. The first-order valence-electron chi connectivity index (χ1n) is 10.9. The lowest BCUT2D eigenvalue weighted by Crippen LogP contribution is -2.50. The van der Waals surface area contributed by atoms with Crippen molar-refractivity contribution in [3.05, 3.63) is 33.7 Å². The van der Waals surface area contributed by atoms with Gasteiger partial charge in [0.2, 0.25) is 5.91 Å². The Morgan fingerprint density at radius 1 is 1.17 bits per heavy atom. The second-order valence-electron chi connectivity index (χ2n) is 8.87. The van der Waals surface area contributed by atoms with E-state index in [9.17, 15) is 19.5 Å². The number of piperidine rings is 1. The van der Waals surface area contributed by atoms with E-state index in [1.807, 2.05) is 6.92 Å². The van der Waals surface area contributed by atoms with Gasteiger partial charge in [-0.25, -0.2) is 0 Å². The molecule has 2 aliphatic heterocycles. The maximum Gasteiger partial charge on any atom is 0.263 e. The molecule has 2 aliphatic rings. The van der Waals surface area contributed by atoms with Gasteiger partial charge in [0.1, 0.15) is 5.56 Å². The number of hydrogen-bond donors (Lipinski definition) is 2. The molecular formula is C22H34N4O4. The molecule has 2 N–H and O–H groups in total. The first-order valence-corrected chi connectivity index (χ1v) is 10.9. The summed E-state index contributed by atoms with van der Waals surface area (Å²) in [6.07, 6.45) is 3.61. The van der Waals surface area contributed by atoms with Crippen LogP contribution in [-0.4, -0.2) is 75.7 Å². The molecule has 2 fully saturated rings. The van der Waals surface area contributed by atoms with Crippen molar-refractivity contribution in [2.45, 2.75) is 57.6 Å². The van der Waals surface area contributed by atoms with Crippen LogP contribution < -0.4 is 10.9 Å². The summed E-state index contributed by atoms with van der Waals surface area (Å²) >= 11 is 0. The third-order valence-corrected chi connectivity index (χ3v) is 6.50. The molecule has 0 spiro atoms. The van der Waals surface area contributed by atoms with Gasteiger partial charge in [-0.2, -0.15) is 0 Å². The Morgan fingerprint density at radius 2 is 1.87 bits per heavy atom. The van der Waals surface area contributed by atoms with E-state index in [4.69, 9.17) is 0 Å². The van der Waals surface area contributed by atoms with Crippen LogP contribution in [0.15, 0.2) is 16.9 Å². The fraction of sp³-hybridized carbons (Fsp3) is 0.682. The van der Waals surface area contributed by atoms with E-state index in [-0.39, 0.29) is 29.0 Å². The lowest BCUT2D eigenvalue weighted by atomic mass is 9.93. The summed E-state index contributed by atoms with van der Waals surface area (Å²) in [5.41, 5.74) is -0.118. The number of likely N-dealkylation sites (tertiary alicyclic amines) is 2. The zero-order valence-corrected chi connectivity index (χ0v) is 18.3. The Kier molecular flexibility index (Phi) is 6.98. The van der Waals surface area contributed by atoms with E-state index in [0.717, 1.165) is 31.6 Å². The molecule has 1 unspecified atom stereocenters. The number of rotatable bonds is 4. The Hall–Kier alpha value is -2.19. The summed E-state index contributed by atoms with van der Waals surface area (Å²) in [4.78, 5) is 40.6. The summed E-state index contributed by atoms with van der Waals surface area (Å²) in [7, 11) is 1.67. The number of β-amino-alcohol motifs (C(OH)–C–C–N with tert-alkyl or cyclic N) is 1. The van der Waals surface area contributed by atoms with Crippen LogP contribution in [0, 0.1) is 6.92 Å². The van der Waals surface area contributed by atoms with Crippen molar-refractivity contribution in [2.24, 2.45) is 7.05 Å². The Balaban J connectivity index is 1.58. The highest BCUT2D eigenvalue weighted by Gasteiger charge is 2.35. The molecular weight excluding hydrogens is 384 g/mol. The molecule has 8 nitrogen and oxygen atoms in total. The van der Waals surface area contributed by atoms with Crippen LogP contribution in [-0.2, 0) is 11.8 Å². The molecule has 166 valence electrons. The largest absolute Gasteiger partial charge is 0.388 e. The lowest BCUT2D eigenvalue weighted by Gasteiger charge is -2.38. The molecule has 0 aromatic carbocycles. The number of nitrogens with one attached hydrogen (secondary N) is 1. The zero-order valence-electron chi connectivity index (χ0n) is 18.3. The number of carbonyl (C=O) groups is 2. The minimum absolute atomic E-state index is 0.00372. The normalized spacial score (nSPS) is 23.8. The third kappa shape index (κ3) is 5.29. The number of pyridine rings is 1. The predicted octanol–water partition coefficient (Wildman–Crippen LogP) is 0.651. The van der Waals surface area contributed by atoms with E-state index in [2.05, 4.69) is 10.2 Å². The minimum Gasteiger partial charge on any atom is -0.388 e. The maximum absolute atomic E-state index is 12.9. The highest BCUT2D eigenvalue weighted by Crippen LogP contribution is 2.25. The van der Waals surface area contributed by atoms with E-state index in [1.165, 1.54) is 4.57 Å². The topological polar surface area (TPSA) is 94.9 Å². The van der Waals surface area contributed by atoms with Gasteiger partial charge >= 0.3 is 0 Å². The number of aryl methyl sites for hydroxylation is 1.